The Morgan fingerprint density at radius 2 is 2.05 bits per heavy atom. The molecule has 1 saturated heterocycles. The molecule has 1 heterocycles. The first-order chi connectivity index (χ1) is 10.0. The number of aliphatic hydroxyl groups is 1. The third-order valence-electron chi connectivity index (χ3n) is 4.32. The van der Waals surface area contributed by atoms with Crippen molar-refractivity contribution in [3.63, 3.8) is 0 Å². The number of piperidine rings is 1. The first-order valence-corrected chi connectivity index (χ1v) is 7.78. The molecule has 1 amide bonds. The summed E-state index contributed by atoms with van der Waals surface area (Å²) >= 11 is 0. The van der Waals surface area contributed by atoms with Crippen LogP contribution in [0.25, 0.3) is 0 Å². The minimum atomic E-state index is -0.463. The van der Waals surface area contributed by atoms with E-state index in [2.05, 4.69) is 5.32 Å². The van der Waals surface area contributed by atoms with Crippen molar-refractivity contribution in [3.05, 3.63) is 29.3 Å². The molecule has 0 aliphatic carbocycles. The van der Waals surface area contributed by atoms with Crippen LogP contribution in [0.4, 0.5) is 5.69 Å². The van der Waals surface area contributed by atoms with E-state index < -0.39 is 6.10 Å². The van der Waals surface area contributed by atoms with Gasteiger partial charge in [0.2, 0.25) is 5.91 Å². The fourth-order valence-electron chi connectivity index (χ4n) is 3.13. The molecule has 0 radical (unpaired) electrons. The van der Waals surface area contributed by atoms with E-state index in [1.807, 2.05) is 36.9 Å². The van der Waals surface area contributed by atoms with Crippen molar-refractivity contribution < 1.29 is 9.90 Å². The minimum Gasteiger partial charge on any atom is -0.391 e. The lowest BCUT2D eigenvalue weighted by atomic mass is 9.98. The van der Waals surface area contributed by atoms with E-state index in [9.17, 15) is 9.90 Å². The number of likely N-dealkylation sites (tertiary alicyclic amines) is 1. The fourth-order valence-corrected chi connectivity index (χ4v) is 3.13. The van der Waals surface area contributed by atoms with Crippen LogP contribution in [0.2, 0.25) is 0 Å². The summed E-state index contributed by atoms with van der Waals surface area (Å²) in [4.78, 5) is 14.3. The maximum Gasteiger partial charge on any atom is 0.242 e. The summed E-state index contributed by atoms with van der Waals surface area (Å²) in [6.07, 6.45) is 2.55. The number of aliphatic hydroxyl groups excluding tert-OH is 1. The Hall–Kier alpha value is -1.55. The number of para-hydroxylation sites is 1. The molecule has 0 spiro atoms. The van der Waals surface area contributed by atoms with Crippen LogP contribution < -0.4 is 5.32 Å². The maximum absolute atomic E-state index is 12.5. The SMILES string of the molecule is Cc1cccc(C)c1NCC(=O)N1CCCCC1C(C)O. The third-order valence-corrected chi connectivity index (χ3v) is 4.32. The molecule has 1 aromatic rings. The van der Waals surface area contributed by atoms with Crippen molar-refractivity contribution in [2.75, 3.05) is 18.4 Å². The van der Waals surface area contributed by atoms with Crippen molar-refractivity contribution in [2.24, 2.45) is 0 Å². The highest BCUT2D eigenvalue weighted by molar-refractivity contribution is 5.82. The Bertz CT molecular complexity index is 479. The van der Waals surface area contributed by atoms with Gasteiger partial charge in [0.1, 0.15) is 0 Å². The predicted molar refractivity (Wildman–Crippen MR) is 85.4 cm³/mol. The van der Waals surface area contributed by atoms with Crippen LogP contribution in [0.1, 0.15) is 37.3 Å². The monoisotopic (exact) mass is 290 g/mol. The first-order valence-electron chi connectivity index (χ1n) is 7.78. The van der Waals surface area contributed by atoms with Crippen molar-refractivity contribution in [1.29, 1.82) is 0 Å². The van der Waals surface area contributed by atoms with Crippen LogP contribution in [0.15, 0.2) is 18.2 Å². The first kappa shape index (κ1) is 15.8. The van der Waals surface area contributed by atoms with Crippen molar-refractivity contribution in [3.8, 4) is 0 Å². The molecule has 4 nitrogen and oxygen atoms in total. The van der Waals surface area contributed by atoms with Gasteiger partial charge in [-0.2, -0.15) is 0 Å². The molecule has 2 N–H and O–H groups in total. The average molecular weight is 290 g/mol. The molecule has 4 heteroatoms. The average Bonchev–Trinajstić information content (AvgIpc) is 2.46. The van der Waals surface area contributed by atoms with Crippen LogP contribution in [0.3, 0.4) is 0 Å². The molecule has 0 aromatic heterocycles. The summed E-state index contributed by atoms with van der Waals surface area (Å²) in [6.45, 7) is 6.89. The number of nitrogens with one attached hydrogen (secondary N) is 1. The molecular weight excluding hydrogens is 264 g/mol. The number of nitrogens with zero attached hydrogens (tertiary/aromatic N) is 1. The molecule has 2 unspecified atom stereocenters. The van der Waals surface area contributed by atoms with Crippen LogP contribution in [0.5, 0.6) is 0 Å². The molecule has 0 bridgehead atoms. The van der Waals surface area contributed by atoms with Crippen LogP contribution >= 0.6 is 0 Å². The zero-order chi connectivity index (χ0) is 15.4. The molecule has 2 atom stereocenters. The zero-order valence-electron chi connectivity index (χ0n) is 13.2. The number of hydrogen-bond donors (Lipinski definition) is 2. The standard InChI is InChI=1S/C17H26N2O2/c1-12-7-6-8-13(2)17(12)18-11-16(21)19-10-5-4-9-15(19)14(3)20/h6-8,14-15,18,20H,4-5,9-11H2,1-3H3. The number of aryl methyl sites for hydroxylation is 2. The van der Waals surface area contributed by atoms with Crippen molar-refractivity contribution >= 4 is 11.6 Å². The fraction of sp³-hybridized carbons (Fsp3) is 0.588. The molecule has 1 aromatic carbocycles. The van der Waals surface area contributed by atoms with E-state index in [0.717, 1.165) is 42.6 Å². The number of benzene rings is 1. The van der Waals surface area contributed by atoms with Crippen LogP contribution in [-0.2, 0) is 4.79 Å². The number of anilines is 1. The molecule has 1 aliphatic heterocycles. The third kappa shape index (κ3) is 3.76. The quantitative estimate of drug-likeness (QED) is 0.895. The topological polar surface area (TPSA) is 52.6 Å². The summed E-state index contributed by atoms with van der Waals surface area (Å²) in [5, 5.41) is 13.1. The van der Waals surface area contributed by atoms with E-state index in [0.29, 0.717) is 0 Å². The summed E-state index contributed by atoms with van der Waals surface area (Å²) in [7, 11) is 0. The Labute approximate surface area is 127 Å². The number of carbonyl (C=O) groups is 1. The molecule has 1 fully saturated rings. The lowest BCUT2D eigenvalue weighted by Crippen LogP contribution is -2.50. The highest BCUT2D eigenvalue weighted by atomic mass is 16.3. The van der Waals surface area contributed by atoms with Gasteiger partial charge in [-0.3, -0.25) is 4.79 Å². The molecule has 2 rings (SSSR count). The van der Waals surface area contributed by atoms with E-state index in [4.69, 9.17) is 0 Å². The zero-order valence-corrected chi connectivity index (χ0v) is 13.2. The van der Waals surface area contributed by atoms with E-state index in [1.54, 1.807) is 6.92 Å². The summed E-state index contributed by atoms with van der Waals surface area (Å²) < 4.78 is 0. The van der Waals surface area contributed by atoms with Crippen LogP contribution in [0, 0.1) is 13.8 Å². The molecule has 1 aliphatic rings. The van der Waals surface area contributed by atoms with Gasteiger partial charge in [0.15, 0.2) is 0 Å². The van der Waals surface area contributed by atoms with Gasteiger partial charge in [-0.25, -0.2) is 0 Å². The summed E-state index contributed by atoms with van der Waals surface area (Å²) in [5.41, 5.74) is 3.33. The van der Waals surface area contributed by atoms with Gasteiger partial charge in [-0.1, -0.05) is 18.2 Å². The van der Waals surface area contributed by atoms with Gasteiger partial charge in [0.05, 0.1) is 18.7 Å². The molecular formula is C17H26N2O2. The van der Waals surface area contributed by atoms with Gasteiger partial charge in [-0.15, -0.1) is 0 Å². The number of hydrogen-bond acceptors (Lipinski definition) is 3. The van der Waals surface area contributed by atoms with Crippen LogP contribution in [-0.4, -0.2) is 41.1 Å². The largest absolute Gasteiger partial charge is 0.391 e. The second-order valence-corrected chi connectivity index (χ2v) is 6.01. The van der Waals surface area contributed by atoms with Crippen molar-refractivity contribution in [2.45, 2.75) is 52.2 Å². The Morgan fingerprint density at radius 3 is 2.67 bits per heavy atom. The number of rotatable bonds is 4. The van der Waals surface area contributed by atoms with Gasteiger partial charge in [0.25, 0.3) is 0 Å². The van der Waals surface area contributed by atoms with Gasteiger partial charge in [0, 0.05) is 12.2 Å². The number of amides is 1. The van der Waals surface area contributed by atoms with Crippen molar-refractivity contribution in [1.82, 2.24) is 4.90 Å². The van der Waals surface area contributed by atoms with Gasteiger partial charge in [-0.05, 0) is 51.2 Å². The van der Waals surface area contributed by atoms with E-state index >= 15 is 0 Å². The van der Waals surface area contributed by atoms with Gasteiger partial charge >= 0.3 is 0 Å². The molecule has 21 heavy (non-hydrogen) atoms. The van der Waals surface area contributed by atoms with Gasteiger partial charge < -0.3 is 15.3 Å². The molecule has 0 saturated carbocycles. The maximum atomic E-state index is 12.5. The lowest BCUT2D eigenvalue weighted by molar-refractivity contribution is -0.135. The number of carbonyl (C=O) groups excluding carboxylic acids is 1. The summed E-state index contributed by atoms with van der Waals surface area (Å²) in [5.74, 6) is 0.0725. The lowest BCUT2D eigenvalue weighted by Gasteiger charge is -2.37. The Balaban J connectivity index is 2.00. The Kier molecular flexibility index (Phi) is 5.23. The highest BCUT2D eigenvalue weighted by Gasteiger charge is 2.29. The predicted octanol–water partition coefficient (Wildman–Crippen LogP) is 2.48. The second-order valence-electron chi connectivity index (χ2n) is 6.01. The Morgan fingerprint density at radius 1 is 1.38 bits per heavy atom. The minimum absolute atomic E-state index is 0.0361. The smallest absolute Gasteiger partial charge is 0.242 e. The van der Waals surface area contributed by atoms with E-state index in [-0.39, 0.29) is 18.5 Å². The summed E-state index contributed by atoms with van der Waals surface area (Å²) in [6, 6.07) is 6.07. The molecule has 116 valence electrons. The van der Waals surface area contributed by atoms with E-state index in [1.165, 1.54) is 0 Å². The highest BCUT2D eigenvalue weighted by Crippen LogP contribution is 2.22. The normalized spacial score (nSPS) is 20.2. The second kappa shape index (κ2) is 6.94.